The summed E-state index contributed by atoms with van der Waals surface area (Å²) in [6.45, 7) is 5.03. The Balaban J connectivity index is 2.52. The van der Waals surface area contributed by atoms with E-state index in [2.05, 4.69) is 4.74 Å². The van der Waals surface area contributed by atoms with Crippen LogP contribution in [0.4, 0.5) is 13.2 Å². The maximum atomic E-state index is 12.1. The van der Waals surface area contributed by atoms with Gasteiger partial charge in [0, 0.05) is 19.6 Å². The molecule has 0 atom stereocenters. The average molecular weight is 367 g/mol. The topological polar surface area (TPSA) is 55.8 Å². The summed E-state index contributed by atoms with van der Waals surface area (Å²) in [6, 6.07) is 5.20. The summed E-state index contributed by atoms with van der Waals surface area (Å²) in [6.07, 6.45) is -3.69. The molecule has 0 radical (unpaired) electrons. The van der Waals surface area contributed by atoms with Crippen LogP contribution in [0.5, 0.6) is 5.75 Å². The van der Waals surface area contributed by atoms with Crippen LogP contribution in [0.2, 0.25) is 0 Å². The van der Waals surface area contributed by atoms with Gasteiger partial charge < -0.3 is 9.30 Å². The lowest BCUT2D eigenvalue weighted by Gasteiger charge is -2.21. The summed E-state index contributed by atoms with van der Waals surface area (Å²) in [5.41, 5.74) is 0.590. The van der Waals surface area contributed by atoms with Crippen molar-refractivity contribution >= 4 is 13.0 Å². The van der Waals surface area contributed by atoms with Crippen molar-refractivity contribution in [1.29, 1.82) is 0 Å². The van der Waals surface area contributed by atoms with Crippen LogP contribution in [0.25, 0.3) is 0 Å². The van der Waals surface area contributed by atoms with E-state index in [0.717, 1.165) is 5.06 Å². The zero-order valence-electron chi connectivity index (χ0n) is 13.8. The number of hydrogen-bond donors (Lipinski definition) is 0. The number of amides is 1. The monoisotopic (exact) mass is 367 g/mol. The Morgan fingerprint density at radius 2 is 1.79 bits per heavy atom. The Labute approximate surface area is 139 Å². The zero-order chi connectivity index (χ0) is 18.4. The smallest absolute Gasteiger partial charge is 0.406 e. The molecule has 0 bridgehead atoms. The maximum absolute atomic E-state index is 12.1. The molecule has 0 aromatic heterocycles. The number of benzene rings is 1. The molecule has 24 heavy (non-hydrogen) atoms. The van der Waals surface area contributed by atoms with E-state index in [1.165, 1.54) is 31.2 Å². The molecule has 0 saturated carbocycles. The molecule has 0 heterocycles. The highest BCUT2D eigenvalue weighted by Crippen LogP contribution is 2.36. The summed E-state index contributed by atoms with van der Waals surface area (Å²) < 4.78 is 51.6. The molecule has 0 aliphatic carbocycles. The molecule has 136 valence electrons. The van der Waals surface area contributed by atoms with E-state index in [1.54, 1.807) is 13.3 Å². The van der Waals surface area contributed by atoms with E-state index in [9.17, 15) is 22.5 Å². The molecule has 0 unspecified atom stereocenters. The van der Waals surface area contributed by atoms with Crippen LogP contribution in [0.1, 0.15) is 18.9 Å². The molecular weight excluding hydrogens is 346 g/mol. The van der Waals surface area contributed by atoms with Gasteiger partial charge >= 0.3 is 6.36 Å². The van der Waals surface area contributed by atoms with Crippen LogP contribution in [0.3, 0.4) is 0 Å². The van der Waals surface area contributed by atoms with Crippen molar-refractivity contribution in [2.45, 2.75) is 26.3 Å². The summed E-state index contributed by atoms with van der Waals surface area (Å²) in [5, 5.41) is 1.16. The first-order chi connectivity index (χ1) is 11.0. The number of ether oxygens (including phenoxy) is 1. The van der Waals surface area contributed by atoms with Crippen molar-refractivity contribution in [1.82, 2.24) is 5.06 Å². The Bertz CT molecular complexity index is 583. The van der Waals surface area contributed by atoms with E-state index in [4.69, 9.17) is 4.84 Å². The van der Waals surface area contributed by atoms with Gasteiger partial charge in [-0.2, -0.15) is 0 Å². The summed E-state index contributed by atoms with van der Waals surface area (Å²) in [7, 11) is -2.15. The maximum Gasteiger partial charge on any atom is 0.573 e. The third kappa shape index (κ3) is 8.93. The number of alkyl halides is 3. The molecule has 1 rings (SSSR count). The minimum atomic E-state index is -4.73. The molecule has 1 aromatic carbocycles. The van der Waals surface area contributed by atoms with Crippen molar-refractivity contribution in [3.05, 3.63) is 29.8 Å². The van der Waals surface area contributed by atoms with Crippen molar-refractivity contribution in [2.24, 2.45) is 0 Å². The van der Waals surface area contributed by atoms with E-state index < -0.39 is 13.5 Å². The molecule has 1 amide bonds. The largest absolute Gasteiger partial charge is 0.573 e. The molecule has 0 N–H and O–H groups in total. The zero-order valence-corrected chi connectivity index (χ0v) is 14.7. The Kier molecular flexibility index (Phi) is 7.29. The van der Waals surface area contributed by atoms with Crippen LogP contribution >= 0.6 is 7.14 Å². The fraction of sp³-hybridized carbons (Fsp3) is 0.533. The Hall–Kier alpha value is -1.53. The predicted molar refractivity (Wildman–Crippen MR) is 84.2 cm³/mol. The number of nitrogens with zero attached hydrogens (tertiary/aromatic N) is 1. The minimum Gasteiger partial charge on any atom is -0.406 e. The van der Waals surface area contributed by atoms with Crippen LogP contribution in [-0.2, 0) is 20.8 Å². The SMILES string of the molecule is CC(=O)N(CCCP(C)(C)=O)OCc1ccc(OC(F)(F)F)cc1. The number of hydrogen-bond acceptors (Lipinski definition) is 4. The van der Waals surface area contributed by atoms with Gasteiger partial charge in [0.2, 0.25) is 5.91 Å². The second-order valence-corrected chi connectivity index (χ2v) is 9.33. The van der Waals surface area contributed by atoms with Gasteiger partial charge in [-0.1, -0.05) is 12.1 Å². The van der Waals surface area contributed by atoms with Gasteiger partial charge in [-0.3, -0.25) is 9.63 Å². The molecule has 0 spiro atoms. The molecule has 5 nitrogen and oxygen atoms in total. The van der Waals surface area contributed by atoms with Gasteiger partial charge in [0.05, 0.1) is 7.14 Å². The van der Waals surface area contributed by atoms with Crippen LogP contribution < -0.4 is 4.74 Å². The van der Waals surface area contributed by atoms with Crippen molar-refractivity contribution < 1.29 is 32.1 Å². The second kappa shape index (κ2) is 8.53. The highest BCUT2D eigenvalue weighted by molar-refractivity contribution is 7.62. The number of hydroxylamine groups is 2. The lowest BCUT2D eigenvalue weighted by molar-refractivity contribution is -0.274. The van der Waals surface area contributed by atoms with Crippen molar-refractivity contribution in [2.75, 3.05) is 26.0 Å². The highest BCUT2D eigenvalue weighted by atomic mass is 31.2. The summed E-state index contributed by atoms with van der Waals surface area (Å²) in [5.74, 6) is -0.620. The number of rotatable bonds is 8. The Morgan fingerprint density at radius 1 is 1.21 bits per heavy atom. The van der Waals surface area contributed by atoms with Gasteiger partial charge in [0.15, 0.2) is 0 Å². The minimum absolute atomic E-state index is 0.0296. The van der Waals surface area contributed by atoms with Gasteiger partial charge in [0.25, 0.3) is 0 Å². The number of halogens is 3. The third-order valence-electron chi connectivity index (χ3n) is 2.95. The van der Waals surface area contributed by atoms with Crippen LogP contribution in [-0.4, -0.2) is 43.4 Å². The lowest BCUT2D eigenvalue weighted by atomic mass is 10.2. The molecule has 9 heteroatoms. The number of carbonyl (C=O) groups excluding carboxylic acids is 1. The van der Waals surface area contributed by atoms with Gasteiger partial charge in [-0.05, 0) is 37.4 Å². The van der Waals surface area contributed by atoms with E-state index in [1.807, 2.05) is 0 Å². The summed E-state index contributed by atoms with van der Waals surface area (Å²) in [4.78, 5) is 16.9. The van der Waals surface area contributed by atoms with Gasteiger partial charge in [-0.25, -0.2) is 5.06 Å². The first-order valence-electron chi connectivity index (χ1n) is 7.26. The van der Waals surface area contributed by atoms with Gasteiger partial charge in [0.1, 0.15) is 12.4 Å². The third-order valence-corrected chi connectivity index (χ3v) is 4.35. The molecule has 0 aliphatic heterocycles. The van der Waals surface area contributed by atoms with Crippen LogP contribution in [0, 0.1) is 0 Å². The molecule has 1 aromatic rings. The van der Waals surface area contributed by atoms with Crippen molar-refractivity contribution in [3.63, 3.8) is 0 Å². The van der Waals surface area contributed by atoms with Gasteiger partial charge in [-0.15, -0.1) is 13.2 Å². The fourth-order valence-electron chi connectivity index (χ4n) is 1.85. The second-order valence-electron chi connectivity index (χ2n) is 5.74. The van der Waals surface area contributed by atoms with Crippen molar-refractivity contribution in [3.8, 4) is 5.75 Å². The molecule has 0 fully saturated rings. The molecule has 0 aliphatic rings. The summed E-state index contributed by atoms with van der Waals surface area (Å²) >= 11 is 0. The molecule has 0 saturated heterocycles. The van der Waals surface area contributed by atoms with Crippen LogP contribution in [0.15, 0.2) is 24.3 Å². The Morgan fingerprint density at radius 3 is 2.25 bits per heavy atom. The average Bonchev–Trinajstić information content (AvgIpc) is 2.41. The first-order valence-corrected chi connectivity index (χ1v) is 10.0. The standard InChI is InChI=1S/C15H21F3NO4P/c1-12(20)19(9-4-10-24(2,3)21)22-11-13-5-7-14(8-6-13)23-15(16,17)18/h5-8H,4,9-11H2,1-3H3. The van der Waals surface area contributed by atoms with E-state index in [0.29, 0.717) is 24.7 Å². The molecular formula is C15H21F3NO4P. The normalized spacial score (nSPS) is 12.1. The fourth-order valence-corrected chi connectivity index (χ4v) is 2.75. The predicted octanol–water partition coefficient (Wildman–Crippen LogP) is 3.88. The quantitative estimate of drug-likeness (QED) is 0.517. The number of carbonyl (C=O) groups is 1. The lowest BCUT2D eigenvalue weighted by Crippen LogP contribution is -2.30. The van der Waals surface area contributed by atoms with E-state index in [-0.39, 0.29) is 18.3 Å². The van der Waals surface area contributed by atoms with E-state index >= 15 is 0 Å². The first kappa shape index (κ1) is 20.5. The highest BCUT2D eigenvalue weighted by Gasteiger charge is 2.30.